The van der Waals surface area contributed by atoms with Gasteiger partial charge in [0.15, 0.2) is 11.2 Å². The molecule has 0 bridgehead atoms. The van der Waals surface area contributed by atoms with E-state index in [1.54, 1.807) is 23.2 Å². The van der Waals surface area contributed by atoms with Gasteiger partial charge >= 0.3 is 0 Å². The summed E-state index contributed by atoms with van der Waals surface area (Å²) in [5.41, 5.74) is 0.789. The second kappa shape index (κ2) is 12.2. The van der Waals surface area contributed by atoms with Crippen molar-refractivity contribution in [2.45, 2.75) is 70.8 Å². The molecule has 1 N–H and O–H groups in total. The summed E-state index contributed by atoms with van der Waals surface area (Å²) in [5, 5.41) is 2.90. The molecule has 1 saturated carbocycles. The van der Waals surface area contributed by atoms with Crippen molar-refractivity contribution in [1.82, 2.24) is 20.2 Å². The van der Waals surface area contributed by atoms with E-state index in [9.17, 15) is 14.4 Å². The summed E-state index contributed by atoms with van der Waals surface area (Å²) in [4.78, 5) is 49.5. The Labute approximate surface area is 206 Å². The van der Waals surface area contributed by atoms with Gasteiger partial charge in [-0.2, -0.15) is 4.98 Å². The lowest BCUT2D eigenvalue weighted by molar-refractivity contribution is -0.139. The lowest BCUT2D eigenvalue weighted by Gasteiger charge is -2.29. The molecule has 1 aliphatic heterocycles. The largest absolute Gasteiger partial charge is 0.432 e. The average molecular weight is 485 g/mol. The number of Topliss-reactive ketones (excluding diaryl/α,β-unsaturated/α-hetero) is 1. The molecule has 35 heavy (non-hydrogen) atoms. The van der Waals surface area contributed by atoms with Crippen LogP contribution in [0.1, 0.15) is 75.4 Å². The van der Waals surface area contributed by atoms with Gasteiger partial charge in [0, 0.05) is 31.6 Å². The molecule has 9 heteroatoms. The predicted octanol–water partition coefficient (Wildman–Crippen LogP) is 3.53. The fraction of sp³-hybridized carbons (Fsp3) is 0.654. The normalized spacial score (nSPS) is 18.8. The predicted molar refractivity (Wildman–Crippen MR) is 130 cm³/mol. The van der Waals surface area contributed by atoms with Gasteiger partial charge in [-0.15, -0.1) is 0 Å². The van der Waals surface area contributed by atoms with Crippen molar-refractivity contribution in [2.75, 3.05) is 26.3 Å². The third kappa shape index (κ3) is 6.66. The first-order valence-electron chi connectivity index (χ1n) is 13.0. The molecule has 1 saturated heterocycles. The zero-order chi connectivity index (χ0) is 24.6. The molecule has 2 atom stereocenters. The standard InChI is InChI=1S/C26H36N4O5/c1-2-20(23(32)26-29-24-21(35-26)9-6-12-27-24)28-25(33)19(11-10-18-7-4-3-5-8-18)17-22(31)30-13-15-34-16-14-30/h6,9,12,18-20H,2-5,7-8,10-11,13-17H2,1H3,(H,28,33)/t19-,20+/m1/s1. The van der Waals surface area contributed by atoms with Crippen LogP contribution in [0.4, 0.5) is 0 Å². The van der Waals surface area contributed by atoms with Gasteiger partial charge in [0.25, 0.3) is 5.89 Å². The fourth-order valence-electron chi connectivity index (χ4n) is 5.06. The second-order valence-electron chi connectivity index (χ2n) is 9.65. The Morgan fingerprint density at radius 1 is 1.17 bits per heavy atom. The number of ketones is 1. The summed E-state index contributed by atoms with van der Waals surface area (Å²) in [6.07, 6.45) is 9.82. The van der Waals surface area contributed by atoms with E-state index >= 15 is 0 Å². The quantitative estimate of drug-likeness (QED) is 0.513. The van der Waals surface area contributed by atoms with Gasteiger partial charge in [0.05, 0.1) is 19.3 Å². The van der Waals surface area contributed by atoms with E-state index in [0.29, 0.717) is 56.3 Å². The van der Waals surface area contributed by atoms with Crippen molar-refractivity contribution >= 4 is 28.8 Å². The first-order chi connectivity index (χ1) is 17.0. The lowest BCUT2D eigenvalue weighted by Crippen LogP contribution is -2.46. The first-order valence-corrected chi connectivity index (χ1v) is 13.0. The van der Waals surface area contributed by atoms with Crippen molar-refractivity contribution < 1.29 is 23.5 Å². The van der Waals surface area contributed by atoms with Gasteiger partial charge < -0.3 is 19.4 Å². The summed E-state index contributed by atoms with van der Waals surface area (Å²) in [6, 6.07) is 2.64. The van der Waals surface area contributed by atoms with Crippen molar-refractivity contribution in [3.05, 3.63) is 24.2 Å². The minimum Gasteiger partial charge on any atom is -0.432 e. The molecule has 1 aliphatic carbocycles. The minimum absolute atomic E-state index is 0.0264. The molecule has 0 radical (unpaired) electrons. The van der Waals surface area contributed by atoms with Gasteiger partial charge in [-0.05, 0) is 37.3 Å². The maximum atomic E-state index is 13.4. The molecule has 0 unspecified atom stereocenters. The van der Waals surface area contributed by atoms with Crippen LogP contribution in [0.15, 0.2) is 22.7 Å². The van der Waals surface area contributed by atoms with E-state index in [2.05, 4.69) is 15.3 Å². The number of hydrogen-bond acceptors (Lipinski definition) is 7. The number of pyridine rings is 1. The maximum absolute atomic E-state index is 13.4. The van der Waals surface area contributed by atoms with Crippen LogP contribution in [-0.4, -0.2) is 64.8 Å². The van der Waals surface area contributed by atoms with Crippen LogP contribution < -0.4 is 5.32 Å². The first kappa shape index (κ1) is 25.3. The highest BCUT2D eigenvalue weighted by Gasteiger charge is 2.31. The molecule has 2 aliphatic rings. The number of carbonyl (C=O) groups excluding carboxylic acids is 3. The zero-order valence-corrected chi connectivity index (χ0v) is 20.5. The third-order valence-electron chi connectivity index (χ3n) is 7.22. The summed E-state index contributed by atoms with van der Waals surface area (Å²) in [7, 11) is 0. The van der Waals surface area contributed by atoms with E-state index in [1.807, 2.05) is 6.92 Å². The van der Waals surface area contributed by atoms with Crippen LogP contribution in [-0.2, 0) is 14.3 Å². The number of nitrogens with zero attached hydrogens (tertiary/aromatic N) is 3. The number of amides is 2. The molecule has 2 aromatic heterocycles. The number of carbonyl (C=O) groups is 3. The van der Waals surface area contributed by atoms with Crippen LogP contribution in [0.5, 0.6) is 0 Å². The summed E-state index contributed by atoms with van der Waals surface area (Å²) in [5.74, 6) is -0.593. The number of ether oxygens (including phenoxy) is 1. The maximum Gasteiger partial charge on any atom is 0.268 e. The van der Waals surface area contributed by atoms with E-state index in [-0.39, 0.29) is 29.9 Å². The van der Waals surface area contributed by atoms with Gasteiger partial charge in [-0.1, -0.05) is 39.0 Å². The van der Waals surface area contributed by atoms with E-state index in [4.69, 9.17) is 9.15 Å². The van der Waals surface area contributed by atoms with Crippen LogP contribution in [0.3, 0.4) is 0 Å². The fourth-order valence-corrected chi connectivity index (χ4v) is 5.06. The molecule has 2 amide bonds. The minimum atomic E-state index is -0.772. The van der Waals surface area contributed by atoms with Crippen LogP contribution in [0.2, 0.25) is 0 Å². The van der Waals surface area contributed by atoms with E-state index < -0.39 is 12.0 Å². The second-order valence-corrected chi connectivity index (χ2v) is 9.65. The average Bonchev–Trinajstić information content (AvgIpc) is 3.34. The number of rotatable bonds is 10. The highest BCUT2D eigenvalue weighted by molar-refractivity contribution is 6.00. The Kier molecular flexibility index (Phi) is 8.84. The molecular formula is C26H36N4O5. The van der Waals surface area contributed by atoms with Gasteiger partial charge in [-0.25, -0.2) is 4.98 Å². The van der Waals surface area contributed by atoms with Crippen molar-refractivity contribution in [2.24, 2.45) is 11.8 Å². The molecular weight excluding hydrogens is 448 g/mol. The Balaban J connectivity index is 1.42. The number of oxazole rings is 1. The van der Waals surface area contributed by atoms with E-state index in [1.165, 1.54) is 32.1 Å². The molecule has 3 heterocycles. The lowest BCUT2D eigenvalue weighted by atomic mass is 9.83. The van der Waals surface area contributed by atoms with E-state index in [0.717, 1.165) is 6.42 Å². The van der Waals surface area contributed by atoms with Crippen molar-refractivity contribution in [1.29, 1.82) is 0 Å². The molecule has 4 rings (SSSR count). The molecule has 2 aromatic rings. The summed E-state index contributed by atoms with van der Waals surface area (Å²) < 4.78 is 10.9. The van der Waals surface area contributed by atoms with Crippen LogP contribution in [0, 0.1) is 11.8 Å². The van der Waals surface area contributed by atoms with Gasteiger partial charge in [0.2, 0.25) is 17.6 Å². The van der Waals surface area contributed by atoms with Crippen LogP contribution in [0.25, 0.3) is 11.2 Å². The molecule has 0 aromatic carbocycles. The monoisotopic (exact) mass is 484 g/mol. The summed E-state index contributed by atoms with van der Waals surface area (Å²) >= 11 is 0. The Hall–Kier alpha value is -2.81. The molecule has 9 nitrogen and oxygen atoms in total. The number of aromatic nitrogens is 2. The molecule has 2 fully saturated rings. The SMILES string of the molecule is CC[C@H](NC(=O)[C@H](CCC1CCCCC1)CC(=O)N1CCOCC1)C(=O)c1nc2ncccc2o1. The topological polar surface area (TPSA) is 115 Å². The Morgan fingerprint density at radius 3 is 2.66 bits per heavy atom. The molecule has 190 valence electrons. The number of fused-ring (bicyclic) bond motifs is 1. The number of morpholine rings is 1. The highest BCUT2D eigenvalue weighted by Crippen LogP contribution is 2.29. The van der Waals surface area contributed by atoms with Crippen molar-refractivity contribution in [3.63, 3.8) is 0 Å². The number of nitrogens with one attached hydrogen (secondary N) is 1. The van der Waals surface area contributed by atoms with Gasteiger partial charge in [-0.3, -0.25) is 14.4 Å². The zero-order valence-electron chi connectivity index (χ0n) is 20.5. The molecule has 0 spiro atoms. The van der Waals surface area contributed by atoms with Crippen molar-refractivity contribution in [3.8, 4) is 0 Å². The van der Waals surface area contributed by atoms with Gasteiger partial charge in [0.1, 0.15) is 0 Å². The number of hydrogen-bond donors (Lipinski definition) is 1. The van der Waals surface area contributed by atoms with Crippen LogP contribution >= 0.6 is 0 Å². The Morgan fingerprint density at radius 2 is 1.94 bits per heavy atom. The Bertz CT molecular complexity index is 977. The highest BCUT2D eigenvalue weighted by atomic mass is 16.5. The smallest absolute Gasteiger partial charge is 0.268 e. The summed E-state index contributed by atoms with van der Waals surface area (Å²) in [6.45, 7) is 3.99. The third-order valence-corrected chi connectivity index (χ3v) is 7.22.